The lowest BCUT2D eigenvalue weighted by Gasteiger charge is -2.26. The summed E-state index contributed by atoms with van der Waals surface area (Å²) in [6.45, 7) is 0. The van der Waals surface area contributed by atoms with Gasteiger partial charge in [-0.15, -0.1) is 0 Å². The molecule has 2 aliphatic carbocycles. The van der Waals surface area contributed by atoms with Gasteiger partial charge in [-0.1, -0.05) is 36.6 Å². The van der Waals surface area contributed by atoms with Gasteiger partial charge in [0.05, 0.1) is 12.0 Å². The molecule has 0 aromatic heterocycles. The molecule has 1 saturated carbocycles. The van der Waals surface area contributed by atoms with E-state index in [1.54, 1.807) is 36.3 Å². The summed E-state index contributed by atoms with van der Waals surface area (Å²) in [5.74, 6) is -0.999. The Morgan fingerprint density at radius 2 is 1.94 bits per heavy atom. The van der Waals surface area contributed by atoms with Crippen LogP contribution in [0.25, 0.3) is 0 Å². The third-order valence-corrected chi connectivity index (χ3v) is 7.23. The molecule has 33 heavy (non-hydrogen) atoms. The largest absolute Gasteiger partial charge is 0.481 e. The van der Waals surface area contributed by atoms with Gasteiger partial charge in [0.1, 0.15) is 11.9 Å². The topological polar surface area (TPSA) is 41.6 Å². The minimum Gasteiger partial charge on any atom is -0.481 e. The molecule has 1 N–H and O–H groups in total. The molecule has 5 rings (SSSR count). The molecule has 0 saturated heterocycles. The van der Waals surface area contributed by atoms with Crippen molar-refractivity contribution in [2.45, 2.75) is 56.7 Å². The maximum absolute atomic E-state index is 14.8. The molecular weight excluding hydrogens is 446 g/mol. The number of amides is 1. The molecule has 0 spiro atoms. The number of hydrogen-bond acceptors (Lipinski definition) is 3. The van der Waals surface area contributed by atoms with Gasteiger partial charge in [-0.05, 0) is 61.1 Å². The molecule has 3 atom stereocenters. The SMILES string of the molecule is CN1C=CC(Cc2ccc(F)c(OC3c4cc(Cl)cc(F)c4CC3NC3CCCC3)c2)C1=O. The predicted molar refractivity (Wildman–Crippen MR) is 123 cm³/mol. The quantitative estimate of drug-likeness (QED) is 0.617. The summed E-state index contributed by atoms with van der Waals surface area (Å²) in [6.07, 6.45) is 8.46. The first-order valence-corrected chi connectivity index (χ1v) is 11.9. The van der Waals surface area contributed by atoms with Gasteiger partial charge in [-0.2, -0.15) is 0 Å². The van der Waals surface area contributed by atoms with Gasteiger partial charge in [-0.3, -0.25) is 4.79 Å². The molecule has 4 nitrogen and oxygen atoms in total. The highest BCUT2D eigenvalue weighted by Crippen LogP contribution is 2.40. The van der Waals surface area contributed by atoms with Gasteiger partial charge in [-0.25, -0.2) is 8.78 Å². The Morgan fingerprint density at radius 3 is 2.67 bits per heavy atom. The molecule has 2 aromatic rings. The third-order valence-electron chi connectivity index (χ3n) is 7.01. The summed E-state index contributed by atoms with van der Waals surface area (Å²) >= 11 is 6.16. The lowest BCUT2D eigenvalue weighted by molar-refractivity contribution is -0.128. The highest BCUT2D eigenvalue weighted by Gasteiger charge is 2.38. The van der Waals surface area contributed by atoms with Crippen molar-refractivity contribution < 1.29 is 18.3 Å². The molecule has 0 bridgehead atoms. The summed E-state index contributed by atoms with van der Waals surface area (Å²) in [5, 5.41) is 3.93. The second kappa shape index (κ2) is 9.07. The van der Waals surface area contributed by atoms with Crippen LogP contribution in [0, 0.1) is 17.6 Å². The number of benzene rings is 2. The number of fused-ring (bicyclic) bond motifs is 1. The molecular formula is C26H27ClF2N2O2. The Hall–Kier alpha value is -2.44. The van der Waals surface area contributed by atoms with Crippen LogP contribution in [-0.2, 0) is 17.6 Å². The van der Waals surface area contributed by atoms with Crippen LogP contribution in [0.1, 0.15) is 48.5 Å². The van der Waals surface area contributed by atoms with Crippen molar-refractivity contribution >= 4 is 17.5 Å². The molecule has 1 heterocycles. The summed E-state index contributed by atoms with van der Waals surface area (Å²) in [4.78, 5) is 13.8. The van der Waals surface area contributed by atoms with E-state index in [-0.39, 0.29) is 29.4 Å². The molecule has 2 aromatic carbocycles. The van der Waals surface area contributed by atoms with E-state index >= 15 is 0 Å². The fraction of sp³-hybridized carbons (Fsp3) is 0.423. The summed E-state index contributed by atoms with van der Waals surface area (Å²) in [5.41, 5.74) is 2.04. The fourth-order valence-electron chi connectivity index (χ4n) is 5.28. The molecule has 3 unspecified atom stereocenters. The highest BCUT2D eigenvalue weighted by atomic mass is 35.5. The standard InChI is InChI=1S/C26H27ClF2N2O2/c1-31-9-8-16(26(31)32)10-15-6-7-21(28)24(11-15)33-25-20-12-17(27)13-22(29)19(20)14-23(25)30-18-4-2-3-5-18/h6-9,11-13,16,18,23,25,30H,2-5,10,14H2,1H3. The number of carbonyl (C=O) groups excluding carboxylic acids is 1. The minimum atomic E-state index is -0.558. The van der Waals surface area contributed by atoms with Crippen molar-refractivity contribution in [2.75, 3.05) is 7.05 Å². The number of ether oxygens (including phenoxy) is 1. The zero-order valence-corrected chi connectivity index (χ0v) is 19.2. The van der Waals surface area contributed by atoms with Crippen molar-refractivity contribution in [3.05, 3.63) is 76.0 Å². The van der Waals surface area contributed by atoms with Crippen LogP contribution < -0.4 is 10.1 Å². The number of nitrogens with zero attached hydrogens (tertiary/aromatic N) is 1. The zero-order valence-electron chi connectivity index (χ0n) is 18.5. The molecule has 7 heteroatoms. The Morgan fingerprint density at radius 1 is 1.15 bits per heavy atom. The second-order valence-electron chi connectivity index (χ2n) is 9.32. The lowest BCUT2D eigenvalue weighted by Crippen LogP contribution is -2.41. The Balaban J connectivity index is 1.42. The van der Waals surface area contributed by atoms with Crippen LogP contribution in [0.15, 0.2) is 42.6 Å². The average Bonchev–Trinajstić information content (AvgIpc) is 3.48. The first-order valence-electron chi connectivity index (χ1n) is 11.5. The van der Waals surface area contributed by atoms with E-state index in [1.165, 1.54) is 25.0 Å². The van der Waals surface area contributed by atoms with Crippen molar-refractivity contribution in [2.24, 2.45) is 5.92 Å². The Labute approximate surface area is 197 Å². The normalized spacial score (nSPS) is 24.7. The van der Waals surface area contributed by atoms with Crippen molar-refractivity contribution in [3.8, 4) is 5.75 Å². The average molecular weight is 473 g/mol. The van der Waals surface area contributed by atoms with Gasteiger partial charge in [0.25, 0.3) is 0 Å². The second-order valence-corrected chi connectivity index (χ2v) is 9.75. The molecule has 0 radical (unpaired) electrons. The number of halogens is 3. The van der Waals surface area contributed by atoms with Crippen molar-refractivity contribution in [1.29, 1.82) is 0 Å². The lowest BCUT2D eigenvalue weighted by atomic mass is 9.99. The number of hydrogen-bond donors (Lipinski definition) is 1. The smallest absolute Gasteiger partial charge is 0.233 e. The number of carbonyl (C=O) groups is 1. The molecule has 1 fully saturated rings. The molecule has 1 aliphatic heterocycles. The van der Waals surface area contributed by atoms with Gasteiger partial charge >= 0.3 is 0 Å². The first kappa shape index (κ1) is 22.4. The van der Waals surface area contributed by atoms with Crippen LogP contribution in [0.4, 0.5) is 8.78 Å². The van der Waals surface area contributed by atoms with Crippen molar-refractivity contribution in [1.82, 2.24) is 10.2 Å². The zero-order chi connectivity index (χ0) is 23.1. The Bertz CT molecular complexity index is 1100. The van der Waals surface area contributed by atoms with Gasteiger partial charge in [0, 0.05) is 29.9 Å². The first-order chi connectivity index (χ1) is 15.9. The van der Waals surface area contributed by atoms with E-state index in [0.717, 1.165) is 18.4 Å². The molecule has 1 amide bonds. The molecule has 174 valence electrons. The van der Waals surface area contributed by atoms with E-state index < -0.39 is 11.9 Å². The Kier molecular flexibility index (Phi) is 6.14. The summed E-state index contributed by atoms with van der Waals surface area (Å²) in [7, 11) is 1.72. The number of nitrogens with one attached hydrogen (secondary N) is 1. The number of rotatable bonds is 6. The summed E-state index contributed by atoms with van der Waals surface area (Å²) in [6, 6.07) is 7.91. The third kappa shape index (κ3) is 4.51. The van der Waals surface area contributed by atoms with Crippen LogP contribution in [-0.4, -0.2) is 29.9 Å². The predicted octanol–water partition coefficient (Wildman–Crippen LogP) is 5.34. The van der Waals surface area contributed by atoms with Gasteiger partial charge in [0.2, 0.25) is 5.91 Å². The fourth-order valence-corrected chi connectivity index (χ4v) is 5.50. The summed E-state index contributed by atoms with van der Waals surface area (Å²) < 4.78 is 35.8. The maximum atomic E-state index is 14.8. The van der Waals surface area contributed by atoms with E-state index in [1.807, 2.05) is 6.08 Å². The van der Waals surface area contributed by atoms with Crippen LogP contribution >= 0.6 is 11.6 Å². The maximum Gasteiger partial charge on any atom is 0.233 e. The van der Waals surface area contributed by atoms with Gasteiger partial charge < -0.3 is 15.0 Å². The van der Waals surface area contributed by atoms with Gasteiger partial charge in [0.15, 0.2) is 11.6 Å². The van der Waals surface area contributed by atoms with Crippen molar-refractivity contribution in [3.63, 3.8) is 0 Å². The van der Waals surface area contributed by atoms with Crippen LogP contribution in [0.2, 0.25) is 5.02 Å². The highest BCUT2D eigenvalue weighted by molar-refractivity contribution is 6.30. The van der Waals surface area contributed by atoms with E-state index in [9.17, 15) is 13.6 Å². The van der Waals surface area contributed by atoms with E-state index in [0.29, 0.717) is 35.0 Å². The minimum absolute atomic E-state index is 0.0115. The van der Waals surface area contributed by atoms with E-state index in [2.05, 4.69) is 5.32 Å². The van der Waals surface area contributed by atoms with Crippen LogP contribution in [0.5, 0.6) is 5.75 Å². The van der Waals surface area contributed by atoms with Crippen LogP contribution in [0.3, 0.4) is 0 Å². The monoisotopic (exact) mass is 472 g/mol. The van der Waals surface area contributed by atoms with E-state index in [4.69, 9.17) is 16.3 Å². The molecule has 3 aliphatic rings.